The first-order valence-corrected chi connectivity index (χ1v) is 7.26. The Morgan fingerprint density at radius 1 is 1.61 bits per heavy atom. The van der Waals surface area contributed by atoms with Crippen LogP contribution in [0.1, 0.15) is 22.3 Å². The number of aliphatic hydroxyl groups is 1. The Kier molecular flexibility index (Phi) is 4.24. The number of likely N-dealkylation sites (tertiary alicyclic amines) is 1. The number of rotatable bonds is 3. The molecule has 98 valence electrons. The maximum Gasteiger partial charge on any atom is 0.253 e. The second kappa shape index (κ2) is 5.71. The number of hydrogen-bond donors (Lipinski definition) is 1. The van der Waals surface area contributed by atoms with Crippen LogP contribution in [0.4, 0.5) is 4.39 Å². The first kappa shape index (κ1) is 13.4. The highest BCUT2D eigenvalue weighted by Gasteiger charge is 2.25. The van der Waals surface area contributed by atoms with Crippen LogP contribution in [0.15, 0.2) is 18.2 Å². The second-order valence-electron chi connectivity index (χ2n) is 4.43. The average molecular weight is 269 g/mol. The summed E-state index contributed by atoms with van der Waals surface area (Å²) in [5, 5.41) is 9.42. The molecular formula is C13H16FNO2S. The summed E-state index contributed by atoms with van der Waals surface area (Å²) in [6, 6.07) is 4.45. The number of halogens is 1. The molecule has 1 aliphatic heterocycles. The molecule has 0 bridgehead atoms. The van der Waals surface area contributed by atoms with Gasteiger partial charge in [0.05, 0.1) is 6.10 Å². The van der Waals surface area contributed by atoms with E-state index in [4.69, 9.17) is 0 Å². The van der Waals surface area contributed by atoms with E-state index >= 15 is 0 Å². The van der Waals surface area contributed by atoms with Gasteiger partial charge in [0.15, 0.2) is 0 Å². The summed E-state index contributed by atoms with van der Waals surface area (Å²) >= 11 is 1.52. The van der Waals surface area contributed by atoms with Crippen molar-refractivity contribution in [3.05, 3.63) is 35.1 Å². The van der Waals surface area contributed by atoms with Gasteiger partial charge in [0.2, 0.25) is 0 Å². The molecule has 0 saturated carbocycles. The monoisotopic (exact) mass is 269 g/mol. The third kappa shape index (κ3) is 2.84. The third-order valence-corrected chi connectivity index (χ3v) is 3.64. The van der Waals surface area contributed by atoms with Crippen LogP contribution in [0.5, 0.6) is 0 Å². The Hall–Kier alpha value is -1.07. The van der Waals surface area contributed by atoms with Gasteiger partial charge in [-0.15, -0.1) is 0 Å². The highest BCUT2D eigenvalue weighted by molar-refractivity contribution is 7.97. The number of carbonyl (C=O) groups is 1. The second-order valence-corrected chi connectivity index (χ2v) is 5.30. The van der Waals surface area contributed by atoms with Gasteiger partial charge in [-0.25, -0.2) is 4.39 Å². The fourth-order valence-electron chi connectivity index (χ4n) is 2.08. The predicted octanol–water partition coefficient (Wildman–Crippen LogP) is 1.90. The van der Waals surface area contributed by atoms with E-state index in [1.165, 1.54) is 23.9 Å². The average Bonchev–Trinajstić information content (AvgIpc) is 2.78. The lowest BCUT2D eigenvalue weighted by Gasteiger charge is -2.16. The molecular weight excluding hydrogens is 253 g/mol. The fraction of sp³-hybridized carbons (Fsp3) is 0.462. The molecule has 0 radical (unpaired) electrons. The minimum absolute atomic E-state index is 0.131. The SMILES string of the molecule is CSCc1cc(C(=O)N2CC[C@H](O)C2)ccc1F. The minimum atomic E-state index is -0.430. The van der Waals surface area contributed by atoms with E-state index in [0.29, 0.717) is 36.4 Å². The molecule has 1 fully saturated rings. The maximum absolute atomic E-state index is 13.5. The zero-order valence-electron chi connectivity index (χ0n) is 10.2. The largest absolute Gasteiger partial charge is 0.391 e. The number of carbonyl (C=O) groups excluding carboxylic acids is 1. The summed E-state index contributed by atoms with van der Waals surface area (Å²) in [4.78, 5) is 13.8. The Labute approximate surface area is 110 Å². The summed E-state index contributed by atoms with van der Waals surface area (Å²) in [6.07, 6.45) is 2.08. The summed E-state index contributed by atoms with van der Waals surface area (Å²) in [5.74, 6) is 0.145. The van der Waals surface area contributed by atoms with Crippen LogP contribution in [-0.4, -0.2) is 41.4 Å². The highest BCUT2D eigenvalue weighted by atomic mass is 32.2. The van der Waals surface area contributed by atoms with Gasteiger partial charge in [-0.05, 0) is 36.4 Å². The number of amides is 1. The van der Waals surface area contributed by atoms with Crippen molar-refractivity contribution in [3.63, 3.8) is 0 Å². The number of β-amino-alcohol motifs (C(OH)–C–C–N with tert-alkyl or cyclic N) is 1. The van der Waals surface area contributed by atoms with E-state index in [1.54, 1.807) is 11.0 Å². The molecule has 1 atom stereocenters. The summed E-state index contributed by atoms with van der Waals surface area (Å²) in [7, 11) is 0. The van der Waals surface area contributed by atoms with Crippen LogP contribution in [-0.2, 0) is 5.75 Å². The highest BCUT2D eigenvalue weighted by Crippen LogP contribution is 2.19. The molecule has 0 unspecified atom stereocenters. The first-order valence-electron chi connectivity index (χ1n) is 5.86. The van der Waals surface area contributed by atoms with Crippen molar-refractivity contribution in [3.8, 4) is 0 Å². The number of aliphatic hydroxyl groups excluding tert-OH is 1. The zero-order valence-corrected chi connectivity index (χ0v) is 11.0. The summed E-state index contributed by atoms with van der Waals surface area (Å²) in [6.45, 7) is 0.934. The Balaban J connectivity index is 2.17. The lowest BCUT2D eigenvalue weighted by Crippen LogP contribution is -2.29. The van der Waals surface area contributed by atoms with Gasteiger partial charge >= 0.3 is 0 Å². The molecule has 1 aromatic carbocycles. The van der Waals surface area contributed by atoms with Crippen molar-refractivity contribution in [2.75, 3.05) is 19.3 Å². The predicted molar refractivity (Wildman–Crippen MR) is 70.1 cm³/mol. The summed E-state index contributed by atoms with van der Waals surface area (Å²) < 4.78 is 13.5. The molecule has 1 aromatic rings. The van der Waals surface area contributed by atoms with Crippen LogP contribution >= 0.6 is 11.8 Å². The van der Waals surface area contributed by atoms with E-state index in [9.17, 15) is 14.3 Å². The van der Waals surface area contributed by atoms with Crippen molar-refractivity contribution < 1.29 is 14.3 Å². The van der Waals surface area contributed by atoms with Crippen LogP contribution in [0, 0.1) is 5.82 Å². The molecule has 18 heavy (non-hydrogen) atoms. The van der Waals surface area contributed by atoms with Crippen molar-refractivity contribution in [1.82, 2.24) is 4.90 Å². The molecule has 0 aliphatic carbocycles. The lowest BCUT2D eigenvalue weighted by molar-refractivity contribution is 0.0765. The van der Waals surface area contributed by atoms with Gasteiger partial charge in [0.1, 0.15) is 5.82 Å². The third-order valence-electron chi connectivity index (χ3n) is 3.04. The molecule has 2 rings (SSSR count). The Bertz CT molecular complexity index is 453. The van der Waals surface area contributed by atoms with Crippen LogP contribution < -0.4 is 0 Å². The molecule has 1 amide bonds. The standard InChI is InChI=1S/C13H16FNO2S/c1-18-8-10-6-9(2-3-12(10)14)13(17)15-5-4-11(16)7-15/h2-3,6,11,16H,4-5,7-8H2,1H3/t11-/m0/s1. The molecule has 1 N–H and O–H groups in total. The normalized spacial score (nSPS) is 19.3. The van der Waals surface area contributed by atoms with Crippen molar-refractivity contribution >= 4 is 17.7 Å². The van der Waals surface area contributed by atoms with E-state index in [2.05, 4.69) is 0 Å². The van der Waals surface area contributed by atoms with Gasteiger partial charge in [-0.2, -0.15) is 11.8 Å². The molecule has 5 heteroatoms. The number of hydrogen-bond acceptors (Lipinski definition) is 3. The van der Waals surface area contributed by atoms with Gasteiger partial charge in [-0.3, -0.25) is 4.79 Å². The molecule has 1 heterocycles. The van der Waals surface area contributed by atoms with E-state index < -0.39 is 6.10 Å². The van der Waals surface area contributed by atoms with Crippen LogP contribution in [0.2, 0.25) is 0 Å². The Morgan fingerprint density at radius 2 is 2.39 bits per heavy atom. The van der Waals surface area contributed by atoms with Gasteiger partial charge in [0, 0.05) is 24.4 Å². The zero-order chi connectivity index (χ0) is 13.1. The first-order chi connectivity index (χ1) is 8.61. The van der Waals surface area contributed by atoms with Crippen molar-refractivity contribution in [2.24, 2.45) is 0 Å². The van der Waals surface area contributed by atoms with E-state index in [1.807, 2.05) is 6.26 Å². The van der Waals surface area contributed by atoms with Gasteiger partial charge in [-0.1, -0.05) is 0 Å². The van der Waals surface area contributed by atoms with Gasteiger partial charge < -0.3 is 10.0 Å². The van der Waals surface area contributed by atoms with Crippen molar-refractivity contribution in [2.45, 2.75) is 18.3 Å². The van der Waals surface area contributed by atoms with E-state index in [-0.39, 0.29) is 11.7 Å². The van der Waals surface area contributed by atoms with E-state index in [0.717, 1.165) is 0 Å². The Morgan fingerprint density at radius 3 is 3.00 bits per heavy atom. The summed E-state index contributed by atoms with van der Waals surface area (Å²) in [5.41, 5.74) is 1.04. The van der Waals surface area contributed by atoms with Gasteiger partial charge in [0.25, 0.3) is 5.91 Å². The number of benzene rings is 1. The lowest BCUT2D eigenvalue weighted by atomic mass is 10.1. The fourth-order valence-corrected chi connectivity index (χ4v) is 2.61. The van der Waals surface area contributed by atoms with Crippen LogP contribution in [0.3, 0.4) is 0 Å². The molecule has 1 aliphatic rings. The smallest absolute Gasteiger partial charge is 0.253 e. The number of nitrogens with zero attached hydrogens (tertiary/aromatic N) is 1. The van der Waals surface area contributed by atoms with Crippen molar-refractivity contribution in [1.29, 1.82) is 0 Å². The quantitative estimate of drug-likeness (QED) is 0.911. The molecule has 1 saturated heterocycles. The topological polar surface area (TPSA) is 40.5 Å². The van der Waals surface area contributed by atoms with Crippen LogP contribution in [0.25, 0.3) is 0 Å². The minimum Gasteiger partial charge on any atom is -0.391 e. The number of thioether (sulfide) groups is 1. The molecule has 0 spiro atoms. The molecule has 0 aromatic heterocycles. The maximum atomic E-state index is 13.5. The molecule has 3 nitrogen and oxygen atoms in total.